The largest absolute Gasteiger partial charge is 0.370 e. The van der Waals surface area contributed by atoms with Gasteiger partial charge >= 0.3 is 0 Å². The van der Waals surface area contributed by atoms with Crippen molar-refractivity contribution in [2.24, 2.45) is 0 Å². The van der Waals surface area contributed by atoms with Crippen LogP contribution in [-0.2, 0) is 19.0 Å². The molecule has 196 valence electrons. The van der Waals surface area contributed by atoms with Gasteiger partial charge in [0.05, 0.1) is 0 Å². The molecule has 0 bridgehead atoms. The third-order valence-electron chi connectivity index (χ3n) is 7.00. The minimum Gasteiger partial charge on any atom is -0.370 e. The Kier molecular flexibility index (Phi) is 19.4. The molecule has 1 saturated heterocycles. The lowest BCUT2D eigenvalue weighted by atomic mass is 9.95. The Balaban J connectivity index is 2.21. The van der Waals surface area contributed by atoms with E-state index >= 15 is 0 Å². The molecule has 1 unspecified atom stereocenters. The van der Waals surface area contributed by atoms with Crippen LogP contribution in [0.1, 0.15) is 149 Å². The predicted molar refractivity (Wildman–Crippen MR) is 139 cm³/mol. The first kappa shape index (κ1) is 30.6. The number of ether oxygens (including phenoxy) is 3. The Labute approximate surface area is 205 Å². The monoisotopic (exact) mass is 468 g/mol. The molecule has 0 aliphatic carbocycles. The van der Waals surface area contributed by atoms with Gasteiger partial charge in [0.2, 0.25) is 0 Å². The molecule has 0 radical (unpaired) electrons. The summed E-state index contributed by atoms with van der Waals surface area (Å²) in [6, 6.07) is 0. The normalized spacial score (nSPS) is 16.9. The van der Waals surface area contributed by atoms with E-state index in [1.165, 1.54) is 109 Å². The van der Waals surface area contributed by atoms with Gasteiger partial charge in [-0.3, -0.25) is 4.79 Å². The molecule has 0 N–H and O–H groups in total. The maximum atomic E-state index is 11.5. The standard InChI is InChI=1S/C29H56O4/c1-4-6-8-10-12-14-15-16-17-19-21-23-29(3,28-31-25-27(30)26-32-28)33-24-22-20-18-13-11-9-7-5-2/h28H,4-26H2,1-3H3. The van der Waals surface area contributed by atoms with Crippen LogP contribution in [-0.4, -0.2) is 37.5 Å². The summed E-state index contributed by atoms with van der Waals surface area (Å²) in [4.78, 5) is 11.5. The van der Waals surface area contributed by atoms with Crippen LogP contribution in [0.3, 0.4) is 0 Å². The smallest absolute Gasteiger partial charge is 0.187 e. The van der Waals surface area contributed by atoms with E-state index in [1.54, 1.807) is 0 Å². The Morgan fingerprint density at radius 3 is 1.52 bits per heavy atom. The van der Waals surface area contributed by atoms with Gasteiger partial charge in [0.15, 0.2) is 12.1 Å². The van der Waals surface area contributed by atoms with E-state index in [4.69, 9.17) is 14.2 Å². The van der Waals surface area contributed by atoms with Crippen molar-refractivity contribution in [1.82, 2.24) is 0 Å². The average Bonchev–Trinajstić information content (AvgIpc) is 2.82. The molecule has 1 atom stereocenters. The van der Waals surface area contributed by atoms with Crippen LogP contribution in [0.4, 0.5) is 0 Å². The van der Waals surface area contributed by atoms with Crippen LogP contribution < -0.4 is 0 Å². The van der Waals surface area contributed by atoms with Crippen LogP contribution in [0.5, 0.6) is 0 Å². The third kappa shape index (κ3) is 16.0. The predicted octanol–water partition coefficient (Wildman–Crippen LogP) is 8.55. The molecule has 1 heterocycles. The molecule has 0 aromatic heterocycles. The fourth-order valence-electron chi connectivity index (χ4n) is 4.72. The van der Waals surface area contributed by atoms with E-state index in [0.29, 0.717) is 0 Å². The number of Topliss-reactive ketones (excluding diaryl/α,β-unsaturated/α-hetero) is 1. The van der Waals surface area contributed by atoms with Gasteiger partial charge in [-0.15, -0.1) is 0 Å². The van der Waals surface area contributed by atoms with Gasteiger partial charge in [-0.2, -0.15) is 0 Å². The molecule has 1 aliphatic heterocycles. The van der Waals surface area contributed by atoms with E-state index in [-0.39, 0.29) is 19.0 Å². The van der Waals surface area contributed by atoms with Gasteiger partial charge in [0.25, 0.3) is 0 Å². The molecule has 1 rings (SSSR count). The maximum absolute atomic E-state index is 11.5. The highest BCUT2D eigenvalue weighted by atomic mass is 16.7. The minimum atomic E-state index is -0.457. The fourth-order valence-corrected chi connectivity index (χ4v) is 4.72. The summed E-state index contributed by atoms with van der Waals surface area (Å²) in [7, 11) is 0. The number of ketones is 1. The number of hydrogen-bond acceptors (Lipinski definition) is 4. The molecule has 33 heavy (non-hydrogen) atoms. The topological polar surface area (TPSA) is 44.8 Å². The van der Waals surface area contributed by atoms with E-state index in [2.05, 4.69) is 20.8 Å². The molecule has 1 aliphatic rings. The van der Waals surface area contributed by atoms with Crippen molar-refractivity contribution in [2.45, 2.75) is 161 Å². The minimum absolute atomic E-state index is 0.0198. The summed E-state index contributed by atoms with van der Waals surface area (Å²) in [6.07, 6.45) is 25.6. The number of rotatable bonds is 23. The number of unbranched alkanes of at least 4 members (excludes halogenated alkanes) is 17. The molecule has 0 spiro atoms. The van der Waals surface area contributed by atoms with Gasteiger partial charge < -0.3 is 14.2 Å². The summed E-state index contributed by atoms with van der Waals surface area (Å²) in [5, 5.41) is 0. The Morgan fingerprint density at radius 1 is 0.667 bits per heavy atom. The lowest BCUT2D eigenvalue weighted by Gasteiger charge is -2.38. The fraction of sp³-hybridized carbons (Fsp3) is 0.966. The molecular formula is C29H56O4. The number of carbonyl (C=O) groups excluding carboxylic acids is 1. The van der Waals surface area contributed by atoms with Crippen LogP contribution >= 0.6 is 0 Å². The van der Waals surface area contributed by atoms with Crippen molar-refractivity contribution in [3.05, 3.63) is 0 Å². The molecule has 0 aromatic rings. The van der Waals surface area contributed by atoms with E-state index in [0.717, 1.165) is 25.9 Å². The van der Waals surface area contributed by atoms with E-state index < -0.39 is 11.9 Å². The highest BCUT2D eigenvalue weighted by Gasteiger charge is 2.39. The first-order chi connectivity index (χ1) is 16.1. The van der Waals surface area contributed by atoms with Crippen molar-refractivity contribution in [3.8, 4) is 0 Å². The summed E-state index contributed by atoms with van der Waals surface area (Å²) in [5.41, 5.74) is -0.457. The Hall–Kier alpha value is -0.450. The van der Waals surface area contributed by atoms with Crippen LogP contribution in [0, 0.1) is 0 Å². The summed E-state index contributed by atoms with van der Waals surface area (Å²) >= 11 is 0. The van der Waals surface area contributed by atoms with Crippen molar-refractivity contribution < 1.29 is 19.0 Å². The first-order valence-corrected chi connectivity index (χ1v) is 14.5. The Bertz CT molecular complexity index is 443. The zero-order valence-electron chi connectivity index (χ0n) is 22.5. The highest BCUT2D eigenvalue weighted by Crippen LogP contribution is 2.29. The van der Waals surface area contributed by atoms with Crippen molar-refractivity contribution in [2.75, 3.05) is 19.8 Å². The number of hydrogen-bond donors (Lipinski definition) is 0. The maximum Gasteiger partial charge on any atom is 0.187 e. The summed E-state index contributed by atoms with van der Waals surface area (Å²) in [6.45, 7) is 7.72. The molecule has 0 aromatic carbocycles. The van der Waals surface area contributed by atoms with E-state index in [1.807, 2.05) is 0 Å². The van der Waals surface area contributed by atoms with Crippen LogP contribution in [0.15, 0.2) is 0 Å². The van der Waals surface area contributed by atoms with Gasteiger partial charge in [-0.25, -0.2) is 0 Å². The second kappa shape index (κ2) is 20.9. The van der Waals surface area contributed by atoms with Gasteiger partial charge in [0.1, 0.15) is 18.8 Å². The van der Waals surface area contributed by atoms with Crippen LogP contribution in [0.25, 0.3) is 0 Å². The van der Waals surface area contributed by atoms with Gasteiger partial charge in [-0.05, 0) is 19.8 Å². The lowest BCUT2D eigenvalue weighted by Crippen LogP contribution is -2.49. The lowest BCUT2D eigenvalue weighted by molar-refractivity contribution is -0.262. The summed E-state index contributed by atoms with van der Waals surface area (Å²) < 4.78 is 17.9. The zero-order valence-corrected chi connectivity index (χ0v) is 22.5. The molecule has 1 fully saturated rings. The molecule has 4 nitrogen and oxygen atoms in total. The highest BCUT2D eigenvalue weighted by molar-refractivity contribution is 5.81. The second-order valence-corrected chi connectivity index (χ2v) is 10.4. The van der Waals surface area contributed by atoms with Gasteiger partial charge in [-0.1, -0.05) is 129 Å². The van der Waals surface area contributed by atoms with Crippen molar-refractivity contribution in [1.29, 1.82) is 0 Å². The average molecular weight is 469 g/mol. The third-order valence-corrected chi connectivity index (χ3v) is 7.00. The second-order valence-electron chi connectivity index (χ2n) is 10.4. The SMILES string of the molecule is CCCCCCCCCCCCCC(C)(OCCCCCCCCCC)C1OCC(=O)CO1. The zero-order chi connectivity index (χ0) is 24.0. The first-order valence-electron chi connectivity index (χ1n) is 14.5. The molecular weight excluding hydrogens is 412 g/mol. The van der Waals surface area contributed by atoms with E-state index in [9.17, 15) is 4.79 Å². The molecule has 4 heteroatoms. The quantitative estimate of drug-likeness (QED) is 0.141. The van der Waals surface area contributed by atoms with Crippen molar-refractivity contribution >= 4 is 5.78 Å². The van der Waals surface area contributed by atoms with Crippen molar-refractivity contribution in [3.63, 3.8) is 0 Å². The number of carbonyl (C=O) groups is 1. The Morgan fingerprint density at radius 2 is 1.06 bits per heavy atom. The summed E-state index contributed by atoms with van der Waals surface area (Å²) in [5.74, 6) is 0.0198. The molecule has 0 saturated carbocycles. The molecule has 0 amide bonds. The van der Waals surface area contributed by atoms with Crippen LogP contribution in [0.2, 0.25) is 0 Å². The van der Waals surface area contributed by atoms with Gasteiger partial charge in [0, 0.05) is 6.61 Å².